The SMILES string of the molecule is CCc1oc(C(=O)NCc2coc(-c3ccccc3)n2)cc1CN1CCCC1. The maximum atomic E-state index is 12.5. The second-order valence-electron chi connectivity index (χ2n) is 7.09. The average Bonchev–Trinajstić information content (AvgIpc) is 3.48. The van der Waals surface area contributed by atoms with Crippen molar-refractivity contribution in [3.63, 3.8) is 0 Å². The highest BCUT2D eigenvalue weighted by molar-refractivity contribution is 5.91. The Kier molecular flexibility index (Phi) is 5.58. The molecule has 0 radical (unpaired) electrons. The van der Waals surface area contributed by atoms with E-state index in [2.05, 4.69) is 22.1 Å². The summed E-state index contributed by atoms with van der Waals surface area (Å²) in [5, 5.41) is 2.87. The zero-order valence-electron chi connectivity index (χ0n) is 16.1. The number of carbonyl (C=O) groups is 1. The first kappa shape index (κ1) is 18.5. The van der Waals surface area contributed by atoms with Crippen LogP contribution < -0.4 is 5.32 Å². The molecule has 0 aliphatic carbocycles. The molecule has 146 valence electrons. The Labute approximate surface area is 164 Å². The van der Waals surface area contributed by atoms with Gasteiger partial charge in [0.15, 0.2) is 5.76 Å². The molecular weight excluding hydrogens is 354 g/mol. The van der Waals surface area contributed by atoms with E-state index in [-0.39, 0.29) is 5.91 Å². The molecule has 0 atom stereocenters. The minimum absolute atomic E-state index is 0.230. The monoisotopic (exact) mass is 379 g/mol. The Hall–Kier alpha value is -2.86. The van der Waals surface area contributed by atoms with Crippen molar-refractivity contribution in [2.75, 3.05) is 13.1 Å². The van der Waals surface area contributed by atoms with Crippen LogP contribution >= 0.6 is 0 Å². The van der Waals surface area contributed by atoms with Gasteiger partial charge in [0.25, 0.3) is 5.91 Å². The fourth-order valence-electron chi connectivity index (χ4n) is 3.55. The van der Waals surface area contributed by atoms with Gasteiger partial charge in [0.2, 0.25) is 5.89 Å². The van der Waals surface area contributed by atoms with Gasteiger partial charge in [-0.15, -0.1) is 0 Å². The summed E-state index contributed by atoms with van der Waals surface area (Å²) < 4.78 is 11.3. The van der Waals surface area contributed by atoms with Gasteiger partial charge in [0.1, 0.15) is 12.0 Å². The van der Waals surface area contributed by atoms with E-state index in [1.807, 2.05) is 36.4 Å². The predicted molar refractivity (Wildman–Crippen MR) is 106 cm³/mol. The maximum Gasteiger partial charge on any atom is 0.287 e. The number of oxazole rings is 1. The van der Waals surface area contributed by atoms with E-state index < -0.39 is 0 Å². The molecule has 4 rings (SSSR count). The number of aromatic nitrogens is 1. The van der Waals surface area contributed by atoms with Gasteiger partial charge in [-0.05, 0) is 44.1 Å². The number of furan rings is 1. The summed E-state index contributed by atoms with van der Waals surface area (Å²) in [6, 6.07) is 11.6. The highest BCUT2D eigenvalue weighted by Gasteiger charge is 2.19. The number of aryl methyl sites for hydroxylation is 1. The predicted octanol–water partition coefficient (Wildman–Crippen LogP) is 4.02. The van der Waals surface area contributed by atoms with Gasteiger partial charge in [0, 0.05) is 24.1 Å². The molecule has 0 unspecified atom stereocenters. The van der Waals surface area contributed by atoms with Crippen molar-refractivity contribution in [2.24, 2.45) is 0 Å². The molecule has 6 nitrogen and oxygen atoms in total. The highest BCUT2D eigenvalue weighted by atomic mass is 16.4. The Balaban J connectivity index is 1.38. The van der Waals surface area contributed by atoms with Crippen LogP contribution in [0.4, 0.5) is 0 Å². The van der Waals surface area contributed by atoms with Gasteiger partial charge >= 0.3 is 0 Å². The molecule has 1 aromatic carbocycles. The standard InChI is InChI=1S/C22H25N3O3/c1-2-19-17(14-25-10-6-7-11-25)12-20(28-19)21(26)23-13-18-15-27-22(24-18)16-8-4-3-5-9-16/h3-5,8-9,12,15H,2,6-7,10-11,13-14H2,1H3,(H,23,26). The molecular formula is C22H25N3O3. The zero-order valence-corrected chi connectivity index (χ0v) is 16.1. The van der Waals surface area contributed by atoms with Crippen LogP contribution in [0.3, 0.4) is 0 Å². The van der Waals surface area contributed by atoms with Crippen molar-refractivity contribution in [3.05, 3.63) is 65.4 Å². The lowest BCUT2D eigenvalue weighted by atomic mass is 10.2. The van der Waals surface area contributed by atoms with Crippen LogP contribution in [-0.2, 0) is 19.5 Å². The van der Waals surface area contributed by atoms with Crippen molar-refractivity contribution < 1.29 is 13.6 Å². The molecule has 28 heavy (non-hydrogen) atoms. The number of hydrogen-bond acceptors (Lipinski definition) is 5. The molecule has 1 amide bonds. The molecule has 2 aromatic heterocycles. The van der Waals surface area contributed by atoms with Crippen LogP contribution in [-0.4, -0.2) is 28.9 Å². The van der Waals surface area contributed by atoms with Crippen molar-refractivity contribution in [1.82, 2.24) is 15.2 Å². The largest absolute Gasteiger partial charge is 0.456 e. The lowest BCUT2D eigenvalue weighted by Crippen LogP contribution is -2.22. The molecule has 0 spiro atoms. The summed E-state index contributed by atoms with van der Waals surface area (Å²) >= 11 is 0. The van der Waals surface area contributed by atoms with Crippen molar-refractivity contribution in [1.29, 1.82) is 0 Å². The van der Waals surface area contributed by atoms with Gasteiger partial charge in [0.05, 0.1) is 12.2 Å². The topological polar surface area (TPSA) is 71.5 Å². The van der Waals surface area contributed by atoms with E-state index in [1.54, 1.807) is 6.26 Å². The van der Waals surface area contributed by atoms with Crippen LogP contribution in [0.5, 0.6) is 0 Å². The normalized spacial score (nSPS) is 14.5. The van der Waals surface area contributed by atoms with Crippen LogP contribution in [0, 0.1) is 0 Å². The third kappa shape index (κ3) is 4.17. The Bertz CT molecular complexity index is 924. The first-order valence-corrected chi connectivity index (χ1v) is 9.85. The quantitative estimate of drug-likeness (QED) is 0.671. The van der Waals surface area contributed by atoms with E-state index in [1.165, 1.54) is 12.8 Å². The molecule has 1 aliphatic heterocycles. The highest BCUT2D eigenvalue weighted by Crippen LogP contribution is 2.21. The minimum Gasteiger partial charge on any atom is -0.456 e. The van der Waals surface area contributed by atoms with Crippen molar-refractivity contribution in [3.8, 4) is 11.5 Å². The van der Waals surface area contributed by atoms with Crippen LogP contribution in [0.15, 0.2) is 51.5 Å². The van der Waals surface area contributed by atoms with Gasteiger partial charge in [-0.1, -0.05) is 25.1 Å². The summed E-state index contributed by atoms with van der Waals surface area (Å²) in [6.07, 6.45) is 4.84. The molecule has 6 heteroatoms. The third-order valence-electron chi connectivity index (χ3n) is 5.04. The number of nitrogens with zero attached hydrogens (tertiary/aromatic N) is 2. The number of nitrogens with one attached hydrogen (secondary N) is 1. The molecule has 0 bridgehead atoms. The number of likely N-dealkylation sites (tertiary alicyclic amines) is 1. The second kappa shape index (κ2) is 8.44. The number of hydrogen-bond donors (Lipinski definition) is 1. The van der Waals surface area contributed by atoms with Gasteiger partial charge < -0.3 is 14.2 Å². The Morgan fingerprint density at radius 1 is 1.21 bits per heavy atom. The number of rotatable bonds is 7. The third-order valence-corrected chi connectivity index (χ3v) is 5.04. The van der Waals surface area contributed by atoms with E-state index >= 15 is 0 Å². The fourth-order valence-corrected chi connectivity index (χ4v) is 3.55. The molecule has 3 heterocycles. The lowest BCUT2D eigenvalue weighted by molar-refractivity contribution is 0.0921. The lowest BCUT2D eigenvalue weighted by Gasteiger charge is -2.13. The van der Waals surface area contributed by atoms with Crippen LogP contribution in [0.25, 0.3) is 11.5 Å². The molecule has 1 aliphatic rings. The zero-order chi connectivity index (χ0) is 19.3. The molecule has 3 aromatic rings. The van der Waals surface area contributed by atoms with E-state index in [0.717, 1.165) is 42.9 Å². The van der Waals surface area contributed by atoms with Crippen LogP contribution in [0.2, 0.25) is 0 Å². The van der Waals surface area contributed by atoms with Gasteiger partial charge in [-0.25, -0.2) is 4.98 Å². The molecule has 1 saturated heterocycles. The van der Waals surface area contributed by atoms with E-state index in [4.69, 9.17) is 8.83 Å². The number of carbonyl (C=O) groups excluding carboxylic acids is 1. The summed E-state index contributed by atoms with van der Waals surface area (Å²) in [6.45, 7) is 5.43. The maximum absolute atomic E-state index is 12.5. The summed E-state index contributed by atoms with van der Waals surface area (Å²) in [5.41, 5.74) is 2.69. The summed E-state index contributed by atoms with van der Waals surface area (Å²) in [5.74, 6) is 1.57. The second-order valence-corrected chi connectivity index (χ2v) is 7.09. The summed E-state index contributed by atoms with van der Waals surface area (Å²) in [7, 11) is 0. The Morgan fingerprint density at radius 3 is 2.75 bits per heavy atom. The Morgan fingerprint density at radius 2 is 2.00 bits per heavy atom. The smallest absolute Gasteiger partial charge is 0.287 e. The first-order chi connectivity index (χ1) is 13.7. The summed E-state index contributed by atoms with van der Waals surface area (Å²) in [4.78, 5) is 19.4. The van der Waals surface area contributed by atoms with Gasteiger partial charge in [-0.3, -0.25) is 9.69 Å². The fraction of sp³-hybridized carbons (Fsp3) is 0.364. The van der Waals surface area contributed by atoms with Gasteiger partial charge in [-0.2, -0.15) is 0 Å². The van der Waals surface area contributed by atoms with E-state index in [0.29, 0.717) is 23.9 Å². The minimum atomic E-state index is -0.230. The van der Waals surface area contributed by atoms with Crippen molar-refractivity contribution in [2.45, 2.75) is 39.3 Å². The number of benzene rings is 1. The molecule has 0 saturated carbocycles. The average molecular weight is 379 g/mol. The number of amides is 1. The van der Waals surface area contributed by atoms with E-state index in [9.17, 15) is 4.79 Å². The van der Waals surface area contributed by atoms with Crippen molar-refractivity contribution >= 4 is 5.91 Å². The first-order valence-electron chi connectivity index (χ1n) is 9.85. The van der Waals surface area contributed by atoms with Crippen LogP contribution in [0.1, 0.15) is 47.3 Å². The molecule has 1 fully saturated rings. The molecule has 1 N–H and O–H groups in total.